The van der Waals surface area contributed by atoms with Gasteiger partial charge in [-0.15, -0.1) is 0 Å². The van der Waals surface area contributed by atoms with E-state index in [4.69, 9.17) is 14.9 Å². The normalized spacial score (nSPS) is 10.5. The van der Waals surface area contributed by atoms with Crippen LogP contribution in [-0.2, 0) is 13.2 Å². The number of ether oxygens (including phenoxy) is 1. The van der Waals surface area contributed by atoms with Gasteiger partial charge in [-0.2, -0.15) is 0 Å². The van der Waals surface area contributed by atoms with Crippen molar-refractivity contribution in [3.8, 4) is 5.75 Å². The van der Waals surface area contributed by atoms with E-state index < -0.39 is 11.6 Å². The molecule has 0 amide bonds. The molecule has 0 aliphatic heterocycles. The first kappa shape index (κ1) is 11.6. The molecule has 5 heteroatoms. The number of nitrogens with two attached hydrogens (primary N) is 1. The number of hydrogen-bond acceptors (Lipinski definition) is 3. The van der Waals surface area contributed by atoms with Gasteiger partial charge >= 0.3 is 0 Å². The zero-order valence-corrected chi connectivity index (χ0v) is 8.95. The Morgan fingerprint density at radius 2 is 1.88 bits per heavy atom. The topological polar surface area (TPSA) is 48.4 Å². The molecule has 3 nitrogen and oxygen atoms in total. The van der Waals surface area contributed by atoms with Crippen LogP contribution in [0.3, 0.4) is 0 Å². The Morgan fingerprint density at radius 3 is 2.53 bits per heavy atom. The average Bonchev–Trinajstić information content (AvgIpc) is 2.72. The van der Waals surface area contributed by atoms with Crippen LogP contribution in [0.5, 0.6) is 5.75 Å². The Hall–Kier alpha value is -1.88. The summed E-state index contributed by atoms with van der Waals surface area (Å²) in [7, 11) is 0. The quantitative estimate of drug-likeness (QED) is 0.892. The average molecular weight is 239 g/mol. The summed E-state index contributed by atoms with van der Waals surface area (Å²) in [5, 5.41) is 0. The maximum absolute atomic E-state index is 12.9. The Labute approximate surface area is 96.8 Å². The first-order chi connectivity index (χ1) is 8.19. The van der Waals surface area contributed by atoms with Crippen LogP contribution in [-0.4, -0.2) is 0 Å². The molecular weight excluding hydrogens is 228 g/mol. The first-order valence-corrected chi connectivity index (χ1v) is 5.03. The van der Waals surface area contributed by atoms with Crippen LogP contribution in [0.25, 0.3) is 0 Å². The molecule has 0 fully saturated rings. The van der Waals surface area contributed by atoms with Crippen molar-refractivity contribution in [3.63, 3.8) is 0 Å². The second kappa shape index (κ2) is 4.97. The summed E-state index contributed by atoms with van der Waals surface area (Å²) in [6, 6.07) is 4.72. The summed E-state index contributed by atoms with van der Waals surface area (Å²) in [6.45, 7) is 0.412. The fourth-order valence-corrected chi connectivity index (χ4v) is 1.44. The molecule has 0 radical (unpaired) electrons. The van der Waals surface area contributed by atoms with Gasteiger partial charge in [0.25, 0.3) is 0 Å². The summed E-state index contributed by atoms with van der Waals surface area (Å²) >= 11 is 0. The SMILES string of the molecule is NCc1ccoc1COc1cc(F)cc(F)c1. The highest BCUT2D eigenvalue weighted by atomic mass is 19.1. The van der Waals surface area contributed by atoms with Crippen molar-refractivity contribution < 1.29 is 17.9 Å². The molecule has 90 valence electrons. The second-order valence-electron chi connectivity index (χ2n) is 3.47. The molecule has 1 heterocycles. The maximum atomic E-state index is 12.9. The zero-order valence-electron chi connectivity index (χ0n) is 8.95. The highest BCUT2D eigenvalue weighted by Gasteiger charge is 2.07. The van der Waals surface area contributed by atoms with Gasteiger partial charge in [-0.3, -0.25) is 0 Å². The first-order valence-electron chi connectivity index (χ1n) is 5.03. The van der Waals surface area contributed by atoms with Gasteiger partial charge in [0, 0.05) is 30.3 Å². The van der Waals surface area contributed by atoms with Crippen LogP contribution in [0.2, 0.25) is 0 Å². The third-order valence-electron chi connectivity index (χ3n) is 2.26. The van der Waals surface area contributed by atoms with Gasteiger partial charge in [-0.25, -0.2) is 8.78 Å². The molecular formula is C12H11F2NO2. The Morgan fingerprint density at radius 1 is 1.18 bits per heavy atom. The lowest BCUT2D eigenvalue weighted by molar-refractivity contribution is 0.266. The van der Waals surface area contributed by atoms with Crippen molar-refractivity contribution in [3.05, 3.63) is 53.5 Å². The van der Waals surface area contributed by atoms with Gasteiger partial charge in [-0.1, -0.05) is 0 Å². The molecule has 0 bridgehead atoms. The fourth-order valence-electron chi connectivity index (χ4n) is 1.44. The van der Waals surface area contributed by atoms with Crippen LogP contribution in [0.1, 0.15) is 11.3 Å². The molecule has 2 aromatic rings. The van der Waals surface area contributed by atoms with E-state index in [2.05, 4.69) is 0 Å². The highest BCUT2D eigenvalue weighted by molar-refractivity contribution is 5.24. The number of hydrogen-bond donors (Lipinski definition) is 1. The van der Waals surface area contributed by atoms with Crippen LogP contribution in [0.4, 0.5) is 8.78 Å². The van der Waals surface area contributed by atoms with Crippen LogP contribution in [0.15, 0.2) is 34.9 Å². The third kappa shape index (κ3) is 2.82. The van der Waals surface area contributed by atoms with E-state index in [9.17, 15) is 8.78 Å². The third-order valence-corrected chi connectivity index (χ3v) is 2.26. The molecule has 2 N–H and O–H groups in total. The minimum Gasteiger partial charge on any atom is -0.485 e. The predicted molar refractivity (Wildman–Crippen MR) is 57.3 cm³/mol. The van der Waals surface area contributed by atoms with E-state index in [1.807, 2.05) is 0 Å². The molecule has 0 unspecified atom stereocenters. The summed E-state index contributed by atoms with van der Waals surface area (Å²) in [4.78, 5) is 0. The molecule has 0 saturated heterocycles. The Balaban J connectivity index is 2.07. The Bertz CT molecular complexity index is 491. The lowest BCUT2D eigenvalue weighted by Gasteiger charge is -2.05. The predicted octanol–water partition coefficient (Wildman–Crippen LogP) is 2.60. The largest absolute Gasteiger partial charge is 0.485 e. The van der Waals surface area contributed by atoms with E-state index in [0.29, 0.717) is 12.3 Å². The zero-order chi connectivity index (χ0) is 12.3. The lowest BCUT2D eigenvalue weighted by atomic mass is 10.2. The minimum absolute atomic E-state index is 0.0857. The molecule has 0 aliphatic rings. The van der Waals surface area contributed by atoms with Crippen molar-refractivity contribution in [2.45, 2.75) is 13.2 Å². The van der Waals surface area contributed by atoms with Crippen LogP contribution >= 0.6 is 0 Å². The molecule has 17 heavy (non-hydrogen) atoms. The summed E-state index contributed by atoms with van der Waals surface area (Å²) in [5.41, 5.74) is 6.28. The number of rotatable bonds is 4. The second-order valence-corrected chi connectivity index (χ2v) is 3.47. The molecule has 0 saturated carbocycles. The van der Waals surface area contributed by atoms with Crippen molar-refractivity contribution in [1.29, 1.82) is 0 Å². The van der Waals surface area contributed by atoms with Crippen LogP contribution < -0.4 is 10.5 Å². The van der Waals surface area contributed by atoms with Crippen LogP contribution in [0, 0.1) is 11.6 Å². The van der Waals surface area contributed by atoms with E-state index in [0.717, 1.165) is 23.8 Å². The summed E-state index contributed by atoms with van der Waals surface area (Å²) in [6.07, 6.45) is 1.49. The maximum Gasteiger partial charge on any atom is 0.146 e. The van der Waals surface area contributed by atoms with Crippen molar-refractivity contribution in [1.82, 2.24) is 0 Å². The molecule has 2 rings (SSSR count). The molecule has 0 atom stereocenters. The number of halogens is 2. The van der Waals surface area contributed by atoms with Gasteiger partial charge < -0.3 is 14.9 Å². The standard InChI is InChI=1S/C12H11F2NO2/c13-9-3-10(14)5-11(4-9)17-7-12-8(6-15)1-2-16-12/h1-5H,6-7,15H2. The monoisotopic (exact) mass is 239 g/mol. The highest BCUT2D eigenvalue weighted by Crippen LogP contribution is 2.18. The van der Waals surface area contributed by atoms with Crippen molar-refractivity contribution >= 4 is 0 Å². The molecule has 1 aromatic carbocycles. The smallest absolute Gasteiger partial charge is 0.146 e. The van der Waals surface area contributed by atoms with Gasteiger partial charge in [-0.05, 0) is 6.07 Å². The summed E-state index contributed by atoms with van der Waals surface area (Å²) in [5.74, 6) is -0.698. The lowest BCUT2D eigenvalue weighted by Crippen LogP contribution is -2.02. The molecule has 1 aromatic heterocycles. The van der Waals surface area contributed by atoms with Crippen molar-refractivity contribution in [2.24, 2.45) is 5.73 Å². The summed E-state index contributed by atoms with van der Waals surface area (Å²) < 4.78 is 36.1. The minimum atomic E-state index is -0.682. The van der Waals surface area contributed by atoms with E-state index in [1.54, 1.807) is 6.07 Å². The van der Waals surface area contributed by atoms with Gasteiger partial charge in [0.05, 0.1) is 6.26 Å². The molecule has 0 spiro atoms. The molecule has 0 aliphatic carbocycles. The van der Waals surface area contributed by atoms with Gasteiger partial charge in [0.15, 0.2) is 0 Å². The van der Waals surface area contributed by atoms with Gasteiger partial charge in [0.2, 0.25) is 0 Å². The van der Waals surface area contributed by atoms with E-state index >= 15 is 0 Å². The van der Waals surface area contributed by atoms with E-state index in [1.165, 1.54) is 6.26 Å². The Kier molecular flexibility index (Phi) is 3.39. The number of furan rings is 1. The number of benzene rings is 1. The van der Waals surface area contributed by atoms with E-state index in [-0.39, 0.29) is 12.4 Å². The van der Waals surface area contributed by atoms with Crippen molar-refractivity contribution in [2.75, 3.05) is 0 Å². The van der Waals surface area contributed by atoms with Gasteiger partial charge in [0.1, 0.15) is 29.8 Å². The fraction of sp³-hybridized carbons (Fsp3) is 0.167.